The third-order valence-corrected chi connectivity index (χ3v) is 30.2. The van der Waals surface area contributed by atoms with Gasteiger partial charge in [-0.15, -0.1) is 0 Å². The van der Waals surface area contributed by atoms with Crippen LogP contribution in [0.15, 0.2) is 376 Å². The van der Waals surface area contributed by atoms with Crippen LogP contribution in [0.1, 0.15) is 193 Å². The molecule has 0 aliphatic heterocycles. The molecule has 17 aromatic rings. The van der Waals surface area contributed by atoms with E-state index in [4.69, 9.17) is 0 Å². The second-order valence-electron chi connectivity index (χ2n) is 40.1. The molecule has 17 aromatic carbocycles. The fourth-order valence-electron chi connectivity index (χ4n) is 22.8. The molecular weight excluding hydrogens is 1560 g/mol. The molecule has 0 saturated carbocycles. The smallest absolute Gasteiger partial charge is 0.0468 e. The van der Waals surface area contributed by atoms with Gasteiger partial charge in [0, 0.05) is 83.7 Å². The van der Waals surface area contributed by atoms with E-state index in [-0.39, 0.29) is 32.5 Å². The van der Waals surface area contributed by atoms with Gasteiger partial charge in [0.1, 0.15) is 0 Å². The van der Waals surface area contributed by atoms with E-state index in [1.165, 1.54) is 212 Å². The van der Waals surface area contributed by atoms with Gasteiger partial charge >= 0.3 is 0 Å². The molecule has 0 amide bonds. The highest BCUT2D eigenvalue weighted by atomic mass is 15.2. The first-order valence-electron chi connectivity index (χ1n) is 46.5. The lowest BCUT2D eigenvalue weighted by atomic mass is 9.82. The van der Waals surface area contributed by atoms with Crippen molar-refractivity contribution in [2.75, 3.05) is 14.7 Å². The lowest BCUT2D eigenvalue weighted by Gasteiger charge is -2.30. The van der Waals surface area contributed by atoms with Crippen LogP contribution in [0.25, 0.3) is 89.0 Å². The number of rotatable bonds is 13. The predicted molar refractivity (Wildman–Crippen MR) is 548 cm³/mol. The summed E-state index contributed by atoms with van der Waals surface area (Å²) in [7, 11) is 0. The van der Waals surface area contributed by atoms with Crippen molar-refractivity contribution in [1.82, 2.24) is 0 Å². The van der Waals surface area contributed by atoms with Gasteiger partial charge in [-0.05, 0) is 301 Å². The zero-order valence-electron chi connectivity index (χ0n) is 77.4. The number of aryl methyl sites for hydroxylation is 2. The fraction of sp³-hybridized carbons (Fsp3) is 0.190. The van der Waals surface area contributed by atoms with E-state index in [2.05, 4.69) is 502 Å². The van der Waals surface area contributed by atoms with Crippen molar-refractivity contribution in [3.05, 3.63) is 460 Å². The lowest BCUT2D eigenvalue weighted by Crippen LogP contribution is -2.18. The third kappa shape index (κ3) is 13.4. The van der Waals surface area contributed by atoms with Gasteiger partial charge in [-0.25, -0.2) is 0 Å². The van der Waals surface area contributed by atoms with E-state index in [0.29, 0.717) is 5.92 Å². The monoisotopic (exact) mass is 1670 g/mol. The number of hydrogen-bond acceptors (Lipinski definition) is 3. The maximum absolute atomic E-state index is 2.45. The first-order valence-corrected chi connectivity index (χ1v) is 46.5. The molecule has 0 aromatic heterocycles. The second kappa shape index (κ2) is 31.0. The molecule has 6 aliphatic carbocycles. The minimum Gasteiger partial charge on any atom is -0.310 e. The van der Waals surface area contributed by atoms with E-state index < -0.39 is 0 Å². The van der Waals surface area contributed by atoms with Gasteiger partial charge in [0.15, 0.2) is 0 Å². The second-order valence-corrected chi connectivity index (χ2v) is 40.1. The highest BCUT2D eigenvalue weighted by Gasteiger charge is 2.43. The van der Waals surface area contributed by atoms with E-state index in [0.717, 1.165) is 17.8 Å². The minimum absolute atomic E-state index is 0.00142. The van der Waals surface area contributed by atoms with E-state index >= 15 is 0 Å². The summed E-state index contributed by atoms with van der Waals surface area (Å²) in [6.07, 6.45) is 1.04. The number of fused-ring (bicyclic) bond motifs is 18. The van der Waals surface area contributed by atoms with Crippen LogP contribution in [0.5, 0.6) is 0 Å². The summed E-state index contributed by atoms with van der Waals surface area (Å²) in [6, 6.07) is 141. The molecule has 0 bridgehead atoms. The van der Waals surface area contributed by atoms with Crippen LogP contribution in [0.2, 0.25) is 0 Å². The van der Waals surface area contributed by atoms with Gasteiger partial charge in [0.05, 0.1) is 0 Å². The summed E-state index contributed by atoms with van der Waals surface area (Å²) < 4.78 is 0. The van der Waals surface area contributed by atoms with Crippen LogP contribution < -0.4 is 14.7 Å². The van der Waals surface area contributed by atoms with E-state index in [1.807, 2.05) is 0 Å². The number of benzene rings is 17. The highest BCUT2D eigenvalue weighted by molar-refractivity contribution is 5.94. The van der Waals surface area contributed by atoms with Crippen LogP contribution in [-0.2, 0) is 38.9 Å². The van der Waals surface area contributed by atoms with Crippen molar-refractivity contribution in [3.63, 3.8) is 0 Å². The molecule has 3 nitrogen and oxygen atoms in total. The first-order chi connectivity index (χ1) is 62.2. The summed E-state index contributed by atoms with van der Waals surface area (Å²) in [5.41, 5.74) is 52.3. The fourth-order valence-corrected chi connectivity index (χ4v) is 22.8. The normalized spacial score (nSPS) is 15.0. The summed E-state index contributed by atoms with van der Waals surface area (Å²) in [4.78, 5) is 7.33. The largest absolute Gasteiger partial charge is 0.310 e. The van der Waals surface area contributed by atoms with Crippen molar-refractivity contribution < 1.29 is 0 Å². The zero-order chi connectivity index (χ0) is 89.0. The molecule has 0 radical (unpaired) electrons. The molecule has 0 saturated heterocycles. The average molecular weight is 1670 g/mol. The Labute approximate surface area is 764 Å². The summed E-state index contributed by atoms with van der Waals surface area (Å²) in [5.74, 6) is 0.528. The van der Waals surface area contributed by atoms with Crippen molar-refractivity contribution >= 4 is 51.2 Å². The standard InChI is InChI=1S/C45H41N.C43H37N.C38H35N/c1-29(2)30-15-17-31(18-16-30)32-19-21-33(22-20-32)46(34-23-25-38-36-11-7-9-13-40(36)44(3,4)42(38)27-34)35-24-26-39-37-12-8-10-14-41(37)45(5,6)43(39)28-35;1-28-12-6-7-13-33(28)29-18-20-30(21-19-29)44(31-23-25-40-37(26-31)35-15-9-11-17-39(35)42(40,2)3)32-22-24-36-34-14-8-10-16-38(34)43(4,5)41(36)27-32;1-6-25-15-17-26(18-16-25)39(27-20-22-35-32(23-27)30-12-8-10-14-34(30)37(35,2)3)28-19-21-31-29-11-7-9-13-33(29)38(4,5)36(31)24-28/h7-29H,1-6H3;6-27H,1-5H3;7-24H,6H2,1-5H3. The molecule has 6 aliphatic rings. The SMILES string of the molecule is CC(C)c1ccc(-c2ccc(N(c3ccc4c(c3)C(C)(C)c3ccccc3-4)c3ccc4c(c3)C(C)(C)c3ccccc3-4)cc2)cc1.CCc1ccc(N(c2ccc3c(c2)-c2ccccc2C3(C)C)c2ccc3c(c2)C(C)(C)c2ccccc2-3)cc1.Cc1ccccc1-c1ccc(N(c2ccc3c(c2)-c2ccccc2C3(C)C)c2ccc3c(c2)C(C)(C)c2ccccc2-3)cc1. The quantitative estimate of drug-likeness (QED) is 0.114. The molecule has 0 spiro atoms. The Bertz CT molecular complexity index is 7200. The maximum atomic E-state index is 2.45. The molecule has 3 heteroatoms. The molecule has 0 fully saturated rings. The Kier molecular flexibility index (Phi) is 19.7. The molecule has 632 valence electrons. The molecule has 23 rings (SSSR count). The molecule has 0 unspecified atom stereocenters. The number of nitrogens with zero attached hydrogens (tertiary/aromatic N) is 3. The van der Waals surface area contributed by atoms with Crippen molar-refractivity contribution in [1.29, 1.82) is 0 Å². The Morgan fingerprint density at radius 2 is 0.411 bits per heavy atom. The van der Waals surface area contributed by atoms with Gasteiger partial charge in [-0.2, -0.15) is 0 Å². The number of hydrogen-bond donors (Lipinski definition) is 0. The van der Waals surface area contributed by atoms with Crippen molar-refractivity contribution in [2.45, 2.75) is 156 Å². The number of anilines is 9. The topological polar surface area (TPSA) is 9.72 Å². The Morgan fingerprint density at radius 1 is 0.194 bits per heavy atom. The van der Waals surface area contributed by atoms with Crippen LogP contribution >= 0.6 is 0 Å². The molecule has 129 heavy (non-hydrogen) atoms. The van der Waals surface area contributed by atoms with Crippen LogP contribution in [0.4, 0.5) is 51.2 Å². The van der Waals surface area contributed by atoms with Gasteiger partial charge < -0.3 is 14.7 Å². The minimum atomic E-state index is -0.0683. The molecule has 0 atom stereocenters. The molecule has 0 N–H and O–H groups in total. The van der Waals surface area contributed by atoms with Gasteiger partial charge in [-0.1, -0.05) is 371 Å². The van der Waals surface area contributed by atoms with E-state index in [9.17, 15) is 0 Å². The Balaban J connectivity index is 0.000000118. The van der Waals surface area contributed by atoms with Gasteiger partial charge in [0.2, 0.25) is 0 Å². The van der Waals surface area contributed by atoms with Gasteiger partial charge in [0.25, 0.3) is 0 Å². The summed E-state index contributed by atoms with van der Waals surface area (Å²) >= 11 is 0. The average Bonchev–Trinajstić information content (AvgIpc) is 1.59. The Hall–Kier alpha value is -13.9. The third-order valence-electron chi connectivity index (χ3n) is 30.2. The predicted octanol–water partition coefficient (Wildman–Crippen LogP) is 34.6. The maximum Gasteiger partial charge on any atom is 0.0468 e. The summed E-state index contributed by atoms with van der Waals surface area (Å²) in [5, 5.41) is 0. The molecular formula is C126H113N3. The highest BCUT2D eigenvalue weighted by Crippen LogP contribution is 2.59. The first kappa shape index (κ1) is 82.1. The van der Waals surface area contributed by atoms with E-state index in [1.54, 1.807) is 0 Å². The van der Waals surface area contributed by atoms with Crippen LogP contribution in [-0.4, -0.2) is 0 Å². The van der Waals surface area contributed by atoms with Crippen LogP contribution in [0, 0.1) is 6.92 Å². The lowest BCUT2D eigenvalue weighted by molar-refractivity contribution is 0.660. The van der Waals surface area contributed by atoms with Crippen molar-refractivity contribution in [2.24, 2.45) is 0 Å². The summed E-state index contributed by atoms with van der Waals surface area (Å²) in [6.45, 7) is 37.2. The van der Waals surface area contributed by atoms with Crippen molar-refractivity contribution in [3.8, 4) is 89.0 Å². The zero-order valence-corrected chi connectivity index (χ0v) is 77.4. The molecule has 0 heterocycles. The Morgan fingerprint density at radius 3 is 0.705 bits per heavy atom. The van der Waals surface area contributed by atoms with Gasteiger partial charge in [-0.3, -0.25) is 0 Å². The van der Waals surface area contributed by atoms with Crippen LogP contribution in [0.3, 0.4) is 0 Å².